The number of benzene rings is 1. The van der Waals surface area contributed by atoms with Gasteiger partial charge < -0.3 is 10.6 Å². The molecule has 7 nitrogen and oxygen atoms in total. The van der Waals surface area contributed by atoms with E-state index in [4.69, 9.17) is 0 Å². The van der Waals surface area contributed by atoms with Crippen molar-refractivity contribution in [1.82, 2.24) is 20.0 Å². The molecule has 0 fully saturated rings. The Kier molecular flexibility index (Phi) is 6.63. The Hall–Kier alpha value is -2.46. The third-order valence-corrected chi connectivity index (χ3v) is 6.08. The number of thioether (sulfide) groups is 1. The molecule has 0 unspecified atom stereocenters. The van der Waals surface area contributed by atoms with Crippen LogP contribution in [0.25, 0.3) is 0 Å². The fourth-order valence-electron chi connectivity index (χ4n) is 2.37. The normalized spacial score (nSPS) is 13.1. The topological polar surface area (TPSA) is 84.7 Å². The Balaban J connectivity index is 1.59. The highest BCUT2D eigenvalue weighted by Gasteiger charge is 2.19. The zero-order valence-electron chi connectivity index (χ0n) is 15.7. The molecule has 2 heterocycles. The summed E-state index contributed by atoms with van der Waals surface area (Å²) in [6, 6.07) is 8.10. The molecule has 0 spiro atoms. The average Bonchev–Trinajstić information content (AvgIpc) is 3.30. The van der Waals surface area contributed by atoms with Gasteiger partial charge in [0.25, 0.3) is 0 Å². The van der Waals surface area contributed by atoms with Crippen molar-refractivity contribution in [2.75, 3.05) is 10.6 Å². The van der Waals surface area contributed by atoms with E-state index in [1.807, 2.05) is 6.92 Å². The number of rotatable bonds is 8. The Morgan fingerprint density at radius 2 is 2.14 bits per heavy atom. The summed E-state index contributed by atoms with van der Waals surface area (Å²) in [7, 11) is 0. The molecule has 28 heavy (non-hydrogen) atoms. The number of carbonyl (C=O) groups is 1. The minimum Gasteiger partial charge on any atom is -0.330 e. The van der Waals surface area contributed by atoms with Crippen molar-refractivity contribution in [2.24, 2.45) is 0 Å². The Morgan fingerprint density at radius 3 is 2.89 bits per heavy atom. The third kappa shape index (κ3) is 5.08. The molecular formula is C18H21FN6OS2. The lowest BCUT2D eigenvalue weighted by Gasteiger charge is -2.15. The molecule has 3 rings (SSSR count). The van der Waals surface area contributed by atoms with Crippen molar-refractivity contribution < 1.29 is 9.18 Å². The molecular weight excluding hydrogens is 399 g/mol. The molecule has 2 atom stereocenters. The van der Waals surface area contributed by atoms with E-state index >= 15 is 0 Å². The number of nitrogens with zero attached hydrogens (tertiary/aromatic N) is 4. The summed E-state index contributed by atoms with van der Waals surface area (Å²) in [4.78, 5) is 12.5. The first-order valence-electron chi connectivity index (χ1n) is 8.83. The van der Waals surface area contributed by atoms with Gasteiger partial charge in [0, 0.05) is 11.8 Å². The number of anilines is 3. The minimum absolute atomic E-state index is 0.134. The van der Waals surface area contributed by atoms with Gasteiger partial charge >= 0.3 is 0 Å². The van der Waals surface area contributed by atoms with Crippen LogP contribution in [0.3, 0.4) is 0 Å². The summed E-state index contributed by atoms with van der Waals surface area (Å²) in [6.07, 6.45) is 2.59. The molecule has 148 valence electrons. The molecule has 0 saturated carbocycles. The highest BCUT2D eigenvalue weighted by Crippen LogP contribution is 2.31. The summed E-state index contributed by atoms with van der Waals surface area (Å²) >= 11 is 2.63. The maximum absolute atomic E-state index is 13.3. The van der Waals surface area contributed by atoms with Crippen molar-refractivity contribution in [3.63, 3.8) is 0 Å². The summed E-state index contributed by atoms with van der Waals surface area (Å²) in [6.45, 7) is 5.93. The van der Waals surface area contributed by atoms with Crippen LogP contribution in [0.15, 0.2) is 40.9 Å². The van der Waals surface area contributed by atoms with Crippen LogP contribution in [0.1, 0.15) is 33.2 Å². The molecule has 1 amide bonds. The second kappa shape index (κ2) is 9.16. The van der Waals surface area contributed by atoms with Crippen molar-refractivity contribution in [3.05, 3.63) is 42.3 Å². The Bertz CT molecular complexity index is 944. The van der Waals surface area contributed by atoms with Crippen LogP contribution in [-0.4, -0.2) is 31.1 Å². The van der Waals surface area contributed by atoms with E-state index in [1.165, 1.54) is 35.2 Å². The van der Waals surface area contributed by atoms with E-state index < -0.39 is 0 Å². The SMILES string of the molecule is CC[C@@H](C)n1nccc1NC(=O)[C@H](C)Sc1nnc(Nc2cccc(F)c2)s1. The van der Waals surface area contributed by atoms with Crippen molar-refractivity contribution >= 4 is 45.6 Å². The summed E-state index contributed by atoms with van der Waals surface area (Å²) in [5.41, 5.74) is 0.594. The van der Waals surface area contributed by atoms with E-state index in [0.717, 1.165) is 6.42 Å². The van der Waals surface area contributed by atoms with E-state index in [2.05, 4.69) is 39.8 Å². The van der Waals surface area contributed by atoms with Gasteiger partial charge in [-0.3, -0.25) is 4.79 Å². The van der Waals surface area contributed by atoms with Crippen LogP contribution in [0.4, 0.5) is 21.0 Å². The smallest absolute Gasteiger partial charge is 0.238 e. The second-order valence-electron chi connectivity index (χ2n) is 6.18. The molecule has 10 heteroatoms. The van der Waals surface area contributed by atoms with Gasteiger partial charge in [-0.2, -0.15) is 5.10 Å². The van der Waals surface area contributed by atoms with Crippen LogP contribution in [0.2, 0.25) is 0 Å². The number of amides is 1. The van der Waals surface area contributed by atoms with Gasteiger partial charge in [-0.15, -0.1) is 10.2 Å². The number of hydrogen-bond acceptors (Lipinski definition) is 7. The standard InChI is InChI=1S/C18H21FN6OS2/c1-4-11(2)25-15(8-9-20-25)22-16(26)12(3)27-18-24-23-17(28-18)21-14-7-5-6-13(19)10-14/h5-12H,4H2,1-3H3,(H,21,23)(H,22,26)/t11-,12+/m1/s1. The minimum atomic E-state index is -0.366. The lowest BCUT2D eigenvalue weighted by molar-refractivity contribution is -0.115. The molecule has 2 aromatic heterocycles. The van der Waals surface area contributed by atoms with Gasteiger partial charge in [0.1, 0.15) is 11.6 Å². The highest BCUT2D eigenvalue weighted by molar-refractivity contribution is 8.02. The number of carbonyl (C=O) groups excluding carboxylic acids is 1. The number of halogens is 1. The maximum atomic E-state index is 13.3. The number of nitrogens with one attached hydrogen (secondary N) is 2. The second-order valence-corrected chi connectivity index (χ2v) is 8.74. The zero-order valence-corrected chi connectivity index (χ0v) is 17.4. The fourth-order valence-corrected chi connectivity index (χ4v) is 4.28. The molecule has 3 aromatic rings. The number of hydrogen-bond donors (Lipinski definition) is 2. The van der Waals surface area contributed by atoms with Crippen molar-refractivity contribution in [1.29, 1.82) is 0 Å². The van der Waals surface area contributed by atoms with E-state index in [-0.39, 0.29) is 23.0 Å². The van der Waals surface area contributed by atoms with Gasteiger partial charge in [0.15, 0.2) is 4.34 Å². The maximum Gasteiger partial charge on any atom is 0.238 e. The predicted octanol–water partition coefficient (Wildman–Crippen LogP) is 4.71. The van der Waals surface area contributed by atoms with Crippen LogP contribution in [0, 0.1) is 5.82 Å². The lowest BCUT2D eigenvalue weighted by Crippen LogP contribution is -2.24. The molecule has 0 aliphatic carbocycles. The van der Waals surface area contributed by atoms with Crippen LogP contribution < -0.4 is 10.6 Å². The molecule has 0 aliphatic rings. The molecule has 2 N–H and O–H groups in total. The first-order valence-corrected chi connectivity index (χ1v) is 10.5. The van der Waals surface area contributed by atoms with Gasteiger partial charge in [0.2, 0.25) is 11.0 Å². The summed E-state index contributed by atoms with van der Waals surface area (Å²) < 4.78 is 15.7. The molecule has 0 radical (unpaired) electrons. The predicted molar refractivity (Wildman–Crippen MR) is 111 cm³/mol. The quantitative estimate of drug-likeness (QED) is 0.514. The Labute approximate surface area is 170 Å². The van der Waals surface area contributed by atoms with Crippen LogP contribution in [-0.2, 0) is 4.79 Å². The molecule has 0 saturated heterocycles. The van der Waals surface area contributed by atoms with E-state index in [1.54, 1.807) is 29.1 Å². The first-order chi connectivity index (χ1) is 13.5. The van der Waals surface area contributed by atoms with Gasteiger partial charge in [-0.1, -0.05) is 36.1 Å². The largest absolute Gasteiger partial charge is 0.330 e. The van der Waals surface area contributed by atoms with Crippen molar-refractivity contribution in [3.8, 4) is 0 Å². The first kappa shape index (κ1) is 20.3. The summed E-state index contributed by atoms with van der Waals surface area (Å²) in [5.74, 6) is 0.216. The molecule has 0 bridgehead atoms. The lowest BCUT2D eigenvalue weighted by atomic mass is 10.3. The zero-order chi connectivity index (χ0) is 20.1. The monoisotopic (exact) mass is 420 g/mol. The van der Waals surface area contributed by atoms with Gasteiger partial charge in [-0.05, 0) is 38.5 Å². The van der Waals surface area contributed by atoms with E-state index in [0.29, 0.717) is 21.0 Å². The van der Waals surface area contributed by atoms with Gasteiger partial charge in [-0.25, -0.2) is 9.07 Å². The van der Waals surface area contributed by atoms with Gasteiger partial charge in [0.05, 0.1) is 17.5 Å². The Morgan fingerprint density at radius 1 is 1.32 bits per heavy atom. The van der Waals surface area contributed by atoms with Crippen LogP contribution in [0.5, 0.6) is 0 Å². The summed E-state index contributed by atoms with van der Waals surface area (Å²) in [5, 5.41) is 18.5. The van der Waals surface area contributed by atoms with E-state index in [9.17, 15) is 9.18 Å². The third-order valence-electron chi connectivity index (χ3n) is 4.06. The van der Waals surface area contributed by atoms with Crippen molar-refractivity contribution in [2.45, 2.75) is 42.8 Å². The average molecular weight is 421 g/mol. The fraction of sp³-hybridized carbons (Fsp3) is 0.333. The highest BCUT2D eigenvalue weighted by atomic mass is 32.2. The number of aromatic nitrogens is 4. The van der Waals surface area contributed by atoms with Crippen LogP contribution >= 0.6 is 23.1 Å². The molecule has 0 aliphatic heterocycles. The molecule has 1 aromatic carbocycles.